The molecule has 2 nitrogen and oxygen atoms in total. The van der Waals surface area contributed by atoms with Gasteiger partial charge >= 0.3 is 123 Å². The van der Waals surface area contributed by atoms with E-state index in [1.807, 2.05) is 30.3 Å². The summed E-state index contributed by atoms with van der Waals surface area (Å²) in [7, 11) is 0. The van der Waals surface area contributed by atoms with E-state index in [1.165, 1.54) is 36.4 Å². The molecule has 3 heterocycles. The van der Waals surface area contributed by atoms with E-state index in [0.29, 0.717) is 11.3 Å². The number of aromatic nitrogens is 2. The van der Waals surface area contributed by atoms with Gasteiger partial charge in [-0.1, -0.05) is 59.5 Å². The summed E-state index contributed by atoms with van der Waals surface area (Å²) in [5.74, 6) is 7.17. The second kappa shape index (κ2) is 14.1. The molecule has 5 heteroatoms. The van der Waals surface area contributed by atoms with Gasteiger partial charge in [-0.15, -0.1) is 23.8 Å². The van der Waals surface area contributed by atoms with Crippen LogP contribution in [0.5, 0.6) is 0 Å². The van der Waals surface area contributed by atoms with E-state index in [4.69, 9.17) is 4.11 Å². The monoisotopic (exact) mass is 868 g/mol. The zero-order valence-corrected chi connectivity index (χ0v) is 31.6. The van der Waals surface area contributed by atoms with Crippen molar-refractivity contribution in [2.45, 2.75) is 24.1 Å². The maximum atomic E-state index is 7.69. The second-order valence-corrected chi connectivity index (χ2v) is 24.0. The Morgan fingerprint density at radius 2 is 1.45 bits per heavy atom. The van der Waals surface area contributed by atoms with Crippen molar-refractivity contribution in [1.29, 1.82) is 0 Å². The van der Waals surface area contributed by atoms with Crippen molar-refractivity contribution in [2.24, 2.45) is 0 Å². The molecule has 0 saturated carbocycles. The van der Waals surface area contributed by atoms with Crippen LogP contribution in [-0.2, 0) is 20.1 Å². The zero-order valence-electron chi connectivity index (χ0n) is 29.3. The average Bonchev–Trinajstić information content (AvgIpc) is 3.50. The molecule has 5 aromatic carbocycles. The molecule has 0 aliphatic rings. The Labute approximate surface area is 301 Å². The summed E-state index contributed by atoms with van der Waals surface area (Å²) >= 11 is -0.0859. The number of fused-ring (bicyclic) bond motifs is 4. The predicted octanol–water partition coefficient (Wildman–Crippen LogP) is 11.1. The number of hydrogen-bond donors (Lipinski definition) is 0. The first-order chi connectivity index (χ1) is 23.6. The van der Waals surface area contributed by atoms with Gasteiger partial charge in [0.15, 0.2) is 0 Å². The molecule has 0 unspecified atom stereocenters. The van der Waals surface area contributed by atoms with Gasteiger partial charge in [-0.25, -0.2) is 0 Å². The van der Waals surface area contributed by atoms with Gasteiger partial charge in [-0.2, -0.15) is 11.3 Å². The third-order valence-corrected chi connectivity index (χ3v) is 13.6. The molecule has 8 aromatic rings. The Balaban J connectivity index is 0.000000181. The normalized spacial score (nSPS) is 12.4. The van der Waals surface area contributed by atoms with Crippen LogP contribution in [0.4, 0.5) is 0 Å². The van der Waals surface area contributed by atoms with Crippen molar-refractivity contribution in [3.05, 3.63) is 151 Å². The molecule has 1 radical (unpaired) electrons. The van der Waals surface area contributed by atoms with Crippen LogP contribution in [0.3, 0.4) is 0 Å². The Kier molecular flexibility index (Phi) is 8.74. The van der Waals surface area contributed by atoms with Gasteiger partial charge in [-0.05, 0) is 45.9 Å². The van der Waals surface area contributed by atoms with Crippen molar-refractivity contribution >= 4 is 59.9 Å². The third kappa shape index (κ3) is 7.02. The average molecular weight is 867 g/mol. The van der Waals surface area contributed by atoms with Crippen LogP contribution in [0.1, 0.15) is 9.68 Å². The molecular formula is C42H34GeIrN2S-2. The van der Waals surface area contributed by atoms with Gasteiger partial charge in [-0.3, -0.25) is 0 Å². The van der Waals surface area contributed by atoms with E-state index >= 15 is 0 Å². The first-order valence-corrected chi connectivity index (χ1v) is 23.5. The predicted molar refractivity (Wildman–Crippen MR) is 201 cm³/mol. The van der Waals surface area contributed by atoms with Gasteiger partial charge in [0.1, 0.15) is 0 Å². The summed E-state index contributed by atoms with van der Waals surface area (Å²) in [5, 5.41) is 4.78. The summed E-state index contributed by atoms with van der Waals surface area (Å²) in [4.78, 5) is 9.12. The van der Waals surface area contributed by atoms with Crippen LogP contribution in [-0.4, -0.2) is 23.2 Å². The Bertz CT molecular complexity index is 2410. The second-order valence-electron chi connectivity index (χ2n) is 12.3. The van der Waals surface area contributed by atoms with Gasteiger partial charge in [0, 0.05) is 35.1 Å². The van der Waals surface area contributed by atoms with E-state index in [1.54, 1.807) is 29.7 Å². The van der Waals surface area contributed by atoms with Crippen LogP contribution in [0.25, 0.3) is 64.6 Å². The quantitative estimate of drug-likeness (QED) is 0.130. The fraction of sp³-hybridized carbons (Fsp3) is 0.0952. The minimum atomic E-state index is -2.16. The first-order valence-electron chi connectivity index (χ1n) is 16.8. The van der Waals surface area contributed by atoms with Crippen LogP contribution in [0.15, 0.2) is 134 Å². The maximum absolute atomic E-state index is 7.69. The smallest absolute Gasteiger partial charge is 0 e. The van der Waals surface area contributed by atoms with Crippen molar-refractivity contribution in [2.75, 3.05) is 0 Å². The third-order valence-electron chi connectivity index (χ3n) is 8.16. The minimum Gasteiger partial charge on any atom is 0 e. The summed E-state index contributed by atoms with van der Waals surface area (Å²) in [5.41, 5.74) is 6.24. The summed E-state index contributed by atoms with van der Waals surface area (Å²) in [6.07, 6.45) is 3.62. The SMILES string of the molecule is [2H]C([2H])([2H])c1ccnc(-c2[c-]ccc3c2sc2cc(-c4ccccc4)ccc23)c1.[CH3][Ge]([CH3])([CH3])[c]1ccc(-c2[c-]ccc3ccccc23)nc1.[Ir]. The van der Waals surface area contributed by atoms with E-state index in [2.05, 4.69) is 124 Å². The summed E-state index contributed by atoms with van der Waals surface area (Å²) in [6.45, 7) is -2.16. The molecule has 3 aromatic heterocycles. The molecule has 233 valence electrons. The maximum Gasteiger partial charge on any atom is 0 e. The molecule has 0 spiro atoms. The molecule has 47 heavy (non-hydrogen) atoms. The molecule has 0 atom stereocenters. The number of hydrogen-bond acceptors (Lipinski definition) is 3. The van der Waals surface area contributed by atoms with E-state index in [9.17, 15) is 0 Å². The molecule has 8 rings (SSSR count). The Hall–Kier alpha value is -3.93. The molecular weight excluding hydrogens is 829 g/mol. The van der Waals surface area contributed by atoms with Crippen molar-refractivity contribution in [1.82, 2.24) is 9.97 Å². The number of thiophene rings is 1. The van der Waals surface area contributed by atoms with Crippen LogP contribution in [0.2, 0.25) is 17.3 Å². The van der Waals surface area contributed by atoms with Crippen LogP contribution >= 0.6 is 11.3 Å². The Morgan fingerprint density at radius 3 is 2.23 bits per heavy atom. The Morgan fingerprint density at radius 1 is 0.660 bits per heavy atom. The number of aryl methyl sites for hydroxylation is 1. The molecule has 0 amide bonds. The van der Waals surface area contributed by atoms with Gasteiger partial charge < -0.3 is 4.98 Å². The molecule has 0 aliphatic heterocycles. The fourth-order valence-electron chi connectivity index (χ4n) is 5.67. The van der Waals surface area contributed by atoms with E-state index in [0.717, 1.165) is 26.9 Å². The molecule has 0 saturated heterocycles. The van der Waals surface area contributed by atoms with Crippen molar-refractivity contribution in [3.63, 3.8) is 0 Å². The van der Waals surface area contributed by atoms with Gasteiger partial charge in [0.25, 0.3) is 0 Å². The van der Waals surface area contributed by atoms with E-state index < -0.39 is 20.1 Å². The number of nitrogens with zero attached hydrogens (tertiary/aromatic N) is 2. The number of pyridine rings is 2. The number of rotatable bonds is 4. The van der Waals surface area contributed by atoms with Crippen LogP contribution in [0, 0.1) is 19.0 Å². The first kappa shape index (κ1) is 29.2. The van der Waals surface area contributed by atoms with E-state index in [-0.39, 0.29) is 20.1 Å². The van der Waals surface area contributed by atoms with Gasteiger partial charge in [0.2, 0.25) is 0 Å². The summed E-state index contributed by atoms with van der Waals surface area (Å²) < 4.78 is 26.8. The zero-order chi connectivity index (χ0) is 34.2. The molecule has 0 aliphatic carbocycles. The topological polar surface area (TPSA) is 25.8 Å². The fourth-order valence-corrected chi connectivity index (χ4v) is 9.09. The van der Waals surface area contributed by atoms with Gasteiger partial charge in [0.05, 0.1) is 0 Å². The minimum absolute atomic E-state index is 0. The standard InChI is InChI=1S/C24H16NS.C18H18GeN.Ir/c1-16-12-13-25-22(14-16)21-9-5-8-20-19-11-10-18(15-23(19)26-24(20)21)17-6-3-2-4-7-17;1-19(2,3)15-11-12-18(20-13-15)17-10-6-8-14-7-4-5-9-16(14)17;/h2-8,10-15H,1H3;4-9,11-13H,1-3H3;/q2*-1;/i1D3;;. The van der Waals surface area contributed by atoms with Crippen LogP contribution < -0.4 is 4.40 Å². The molecule has 0 fully saturated rings. The largest absolute Gasteiger partial charge is 0 e. The molecule has 0 N–H and O–H groups in total. The molecule has 0 bridgehead atoms. The summed E-state index contributed by atoms with van der Waals surface area (Å²) in [6, 6.07) is 47.5. The number of benzene rings is 5. The van der Waals surface area contributed by atoms with Crippen molar-refractivity contribution in [3.8, 4) is 33.6 Å². The van der Waals surface area contributed by atoms with Crippen molar-refractivity contribution < 1.29 is 24.2 Å².